The standard InChI is InChI=1S/C25H26N4O2S/c1-18-11-12-20(14-23(18)30)15-28-24(31)17-32-25(26-3)29(22-9-5-4-6-10-22)19(2)21-8-7-13-27-16-21/h4-14,16,30H,2,15,17H2,1,3H3,(H,28,31)/b26-25+. The Bertz CT molecular complexity index is 1100. The fraction of sp³-hybridized carbons (Fsp3) is 0.160. The number of phenolic OH excluding ortho intramolecular Hbond substituents is 1. The number of aryl methyl sites for hydroxylation is 1. The van der Waals surface area contributed by atoms with E-state index in [4.69, 9.17) is 0 Å². The minimum atomic E-state index is -0.129. The highest BCUT2D eigenvalue weighted by molar-refractivity contribution is 8.14. The van der Waals surface area contributed by atoms with Crippen molar-refractivity contribution in [3.05, 3.63) is 96.3 Å². The SMILES string of the molecule is C=C(c1cccnc1)N(/C(=N\C)SCC(=O)NCc1ccc(C)c(O)c1)c1ccccc1. The first-order valence-electron chi connectivity index (χ1n) is 10.1. The molecule has 0 bridgehead atoms. The van der Waals surface area contributed by atoms with E-state index in [0.29, 0.717) is 17.4 Å². The quantitative estimate of drug-likeness (QED) is 0.409. The Morgan fingerprint density at radius 2 is 1.97 bits per heavy atom. The van der Waals surface area contributed by atoms with Gasteiger partial charge in [-0.05, 0) is 48.4 Å². The monoisotopic (exact) mass is 446 g/mol. The molecule has 1 heterocycles. The Morgan fingerprint density at radius 3 is 2.62 bits per heavy atom. The third-order valence-corrected chi connectivity index (χ3v) is 5.79. The van der Waals surface area contributed by atoms with Crippen LogP contribution in [0.25, 0.3) is 5.70 Å². The summed E-state index contributed by atoms with van der Waals surface area (Å²) in [7, 11) is 1.70. The molecule has 6 nitrogen and oxygen atoms in total. The Hall–Kier alpha value is -3.58. The van der Waals surface area contributed by atoms with Crippen LogP contribution in [0.15, 0.2) is 84.6 Å². The molecule has 0 fully saturated rings. The molecule has 7 heteroatoms. The molecular formula is C25H26N4O2S. The molecule has 1 aromatic heterocycles. The van der Waals surface area contributed by atoms with Gasteiger partial charge in [0.1, 0.15) is 5.75 Å². The molecule has 0 saturated heterocycles. The van der Waals surface area contributed by atoms with Crippen LogP contribution in [0.2, 0.25) is 0 Å². The maximum absolute atomic E-state index is 12.5. The summed E-state index contributed by atoms with van der Waals surface area (Å²) in [4.78, 5) is 23.0. The number of hydrogen-bond acceptors (Lipinski definition) is 5. The number of amides is 1. The molecule has 0 atom stereocenters. The molecule has 0 saturated carbocycles. The van der Waals surface area contributed by atoms with Gasteiger partial charge in [-0.2, -0.15) is 0 Å². The van der Waals surface area contributed by atoms with Crippen LogP contribution in [0, 0.1) is 6.92 Å². The molecule has 0 aliphatic heterocycles. The average Bonchev–Trinajstić information content (AvgIpc) is 2.83. The molecule has 32 heavy (non-hydrogen) atoms. The van der Waals surface area contributed by atoms with Crippen LogP contribution in [0.1, 0.15) is 16.7 Å². The van der Waals surface area contributed by atoms with Gasteiger partial charge >= 0.3 is 0 Å². The number of pyridine rings is 1. The van der Waals surface area contributed by atoms with Crippen molar-refractivity contribution in [3.8, 4) is 5.75 Å². The van der Waals surface area contributed by atoms with Gasteiger partial charge in [0, 0.05) is 42.9 Å². The molecule has 0 aliphatic carbocycles. The van der Waals surface area contributed by atoms with Crippen molar-refractivity contribution < 1.29 is 9.90 Å². The number of hydrogen-bond donors (Lipinski definition) is 2. The Balaban J connectivity index is 1.69. The van der Waals surface area contributed by atoms with Crippen molar-refractivity contribution in [2.24, 2.45) is 4.99 Å². The van der Waals surface area contributed by atoms with Crippen molar-refractivity contribution in [1.82, 2.24) is 10.3 Å². The number of amidine groups is 1. The molecule has 2 aromatic carbocycles. The molecule has 0 spiro atoms. The van der Waals surface area contributed by atoms with E-state index in [9.17, 15) is 9.90 Å². The van der Waals surface area contributed by atoms with Crippen LogP contribution in [0.4, 0.5) is 5.69 Å². The predicted octanol–water partition coefficient (Wildman–Crippen LogP) is 4.61. The van der Waals surface area contributed by atoms with E-state index in [2.05, 4.69) is 21.9 Å². The van der Waals surface area contributed by atoms with Crippen molar-refractivity contribution >= 4 is 34.2 Å². The number of aromatic hydroxyl groups is 1. The van der Waals surface area contributed by atoms with Gasteiger partial charge in [0.2, 0.25) is 5.91 Å². The number of nitrogens with zero attached hydrogens (tertiary/aromatic N) is 3. The maximum atomic E-state index is 12.5. The number of para-hydroxylation sites is 1. The van der Waals surface area contributed by atoms with Gasteiger partial charge in [0.25, 0.3) is 0 Å². The zero-order valence-electron chi connectivity index (χ0n) is 18.2. The zero-order valence-corrected chi connectivity index (χ0v) is 19.0. The van der Waals surface area contributed by atoms with Crippen molar-refractivity contribution in [2.45, 2.75) is 13.5 Å². The van der Waals surface area contributed by atoms with Crippen LogP contribution >= 0.6 is 11.8 Å². The molecule has 164 valence electrons. The minimum absolute atomic E-state index is 0.129. The van der Waals surface area contributed by atoms with E-state index in [1.807, 2.05) is 66.4 Å². The number of aromatic nitrogens is 1. The minimum Gasteiger partial charge on any atom is -0.508 e. The second kappa shape index (κ2) is 11.2. The first-order chi connectivity index (χ1) is 15.5. The van der Waals surface area contributed by atoms with E-state index in [1.54, 1.807) is 25.5 Å². The second-order valence-corrected chi connectivity index (χ2v) is 7.99. The molecule has 3 rings (SSSR count). The largest absolute Gasteiger partial charge is 0.508 e. The summed E-state index contributed by atoms with van der Waals surface area (Å²) in [6, 6.07) is 18.9. The maximum Gasteiger partial charge on any atom is 0.230 e. The topological polar surface area (TPSA) is 77.8 Å². The summed E-state index contributed by atoms with van der Waals surface area (Å²) in [6.07, 6.45) is 3.46. The van der Waals surface area contributed by atoms with E-state index >= 15 is 0 Å². The highest BCUT2D eigenvalue weighted by Crippen LogP contribution is 2.28. The van der Waals surface area contributed by atoms with Crippen molar-refractivity contribution in [1.29, 1.82) is 0 Å². The molecule has 0 radical (unpaired) electrons. The molecule has 1 amide bonds. The van der Waals surface area contributed by atoms with Crippen LogP contribution in [0.5, 0.6) is 5.75 Å². The fourth-order valence-electron chi connectivity index (χ4n) is 3.00. The van der Waals surface area contributed by atoms with E-state index in [-0.39, 0.29) is 17.4 Å². The van der Waals surface area contributed by atoms with E-state index in [1.165, 1.54) is 11.8 Å². The van der Waals surface area contributed by atoms with Crippen LogP contribution in [0.3, 0.4) is 0 Å². The normalized spacial score (nSPS) is 11.1. The van der Waals surface area contributed by atoms with E-state index in [0.717, 1.165) is 22.4 Å². The Morgan fingerprint density at radius 1 is 1.19 bits per heavy atom. The third-order valence-electron chi connectivity index (χ3n) is 4.76. The Labute approximate surface area is 192 Å². The number of aliphatic imine (C=N–C) groups is 1. The summed E-state index contributed by atoms with van der Waals surface area (Å²) in [6.45, 7) is 6.43. The average molecular weight is 447 g/mol. The molecule has 0 unspecified atom stereocenters. The van der Waals surface area contributed by atoms with Crippen LogP contribution in [-0.4, -0.2) is 34.0 Å². The smallest absolute Gasteiger partial charge is 0.230 e. The lowest BCUT2D eigenvalue weighted by Gasteiger charge is -2.27. The fourth-order valence-corrected chi connectivity index (χ4v) is 3.83. The lowest BCUT2D eigenvalue weighted by atomic mass is 10.1. The second-order valence-electron chi connectivity index (χ2n) is 7.05. The summed E-state index contributed by atoms with van der Waals surface area (Å²) in [5, 5.41) is 13.4. The highest BCUT2D eigenvalue weighted by atomic mass is 32.2. The highest BCUT2D eigenvalue weighted by Gasteiger charge is 2.20. The van der Waals surface area contributed by atoms with Crippen molar-refractivity contribution in [3.63, 3.8) is 0 Å². The first kappa shape index (κ1) is 23.1. The molecule has 2 N–H and O–H groups in total. The Kier molecular flexibility index (Phi) is 8.05. The van der Waals surface area contributed by atoms with Gasteiger partial charge in [-0.1, -0.05) is 48.7 Å². The first-order valence-corrected chi connectivity index (χ1v) is 11.1. The van der Waals surface area contributed by atoms with Gasteiger partial charge < -0.3 is 10.4 Å². The van der Waals surface area contributed by atoms with Gasteiger partial charge in [-0.15, -0.1) is 0 Å². The molecular weight excluding hydrogens is 420 g/mol. The number of carbonyl (C=O) groups excluding carboxylic acids is 1. The van der Waals surface area contributed by atoms with Crippen LogP contribution < -0.4 is 10.2 Å². The van der Waals surface area contributed by atoms with Crippen molar-refractivity contribution in [2.75, 3.05) is 17.7 Å². The zero-order chi connectivity index (χ0) is 22.9. The lowest BCUT2D eigenvalue weighted by Crippen LogP contribution is -2.30. The summed E-state index contributed by atoms with van der Waals surface area (Å²) in [5.74, 6) is 0.281. The summed E-state index contributed by atoms with van der Waals surface area (Å²) in [5.41, 5.74) is 4.11. The molecule has 0 aliphatic rings. The lowest BCUT2D eigenvalue weighted by molar-refractivity contribution is -0.118. The van der Waals surface area contributed by atoms with Gasteiger partial charge in [-0.25, -0.2) is 0 Å². The predicted molar refractivity (Wildman–Crippen MR) is 133 cm³/mol. The number of thioether (sulfide) groups is 1. The number of rotatable bonds is 7. The van der Waals surface area contributed by atoms with Gasteiger partial charge in [-0.3, -0.25) is 19.7 Å². The summed E-state index contributed by atoms with van der Waals surface area (Å²) >= 11 is 1.33. The number of phenols is 1. The number of nitrogens with one attached hydrogen (secondary N) is 1. The van der Waals surface area contributed by atoms with Gasteiger partial charge in [0.15, 0.2) is 5.17 Å². The third kappa shape index (κ3) is 5.98. The number of carbonyl (C=O) groups is 1. The molecule has 3 aromatic rings. The summed E-state index contributed by atoms with van der Waals surface area (Å²) < 4.78 is 0. The number of benzene rings is 2. The number of anilines is 1. The van der Waals surface area contributed by atoms with Crippen LogP contribution in [-0.2, 0) is 11.3 Å². The van der Waals surface area contributed by atoms with E-state index < -0.39 is 0 Å². The van der Waals surface area contributed by atoms with Gasteiger partial charge in [0.05, 0.1) is 5.75 Å².